The van der Waals surface area contributed by atoms with Gasteiger partial charge in [-0.15, -0.1) is 0 Å². The monoisotopic (exact) mass is 617 g/mol. The van der Waals surface area contributed by atoms with Gasteiger partial charge in [-0.1, -0.05) is 65.7 Å². The van der Waals surface area contributed by atoms with Crippen molar-refractivity contribution in [3.8, 4) is 0 Å². The lowest BCUT2D eigenvalue weighted by Gasteiger charge is -2.32. The Labute approximate surface area is 253 Å². The van der Waals surface area contributed by atoms with E-state index < -0.39 is 16.1 Å². The van der Waals surface area contributed by atoms with E-state index in [1.807, 2.05) is 63.2 Å². The molecule has 0 spiro atoms. The Balaban J connectivity index is 1.89. The van der Waals surface area contributed by atoms with Crippen molar-refractivity contribution in [2.75, 3.05) is 23.7 Å². The minimum absolute atomic E-state index is 0.0445. The molecule has 0 saturated heterocycles. The van der Waals surface area contributed by atoms with Gasteiger partial charge in [0.1, 0.15) is 6.04 Å². The lowest BCUT2D eigenvalue weighted by molar-refractivity contribution is -0.141. The highest BCUT2D eigenvalue weighted by molar-refractivity contribution is 7.92. The van der Waals surface area contributed by atoms with Crippen molar-refractivity contribution < 1.29 is 18.0 Å². The van der Waals surface area contributed by atoms with Crippen molar-refractivity contribution in [2.24, 2.45) is 0 Å². The molecular weight excluding hydrogens is 581 g/mol. The zero-order valence-electron chi connectivity index (χ0n) is 23.9. The highest BCUT2D eigenvalue weighted by Crippen LogP contribution is 2.25. The summed E-state index contributed by atoms with van der Waals surface area (Å²) in [7, 11) is -3.58. The molecule has 0 heterocycles. The third-order valence-corrected chi connectivity index (χ3v) is 8.82. The summed E-state index contributed by atoms with van der Waals surface area (Å²) in [6, 6.07) is 19.3. The number of carbonyl (C=O) groups is 2. The van der Waals surface area contributed by atoms with Crippen LogP contribution in [0.3, 0.4) is 0 Å². The molecule has 220 valence electrons. The van der Waals surface area contributed by atoms with Gasteiger partial charge in [0.25, 0.3) is 0 Å². The average Bonchev–Trinajstić information content (AvgIpc) is 2.92. The maximum Gasteiger partial charge on any atom is 0.243 e. The number of benzene rings is 3. The molecule has 0 fully saturated rings. The zero-order chi connectivity index (χ0) is 30.2. The van der Waals surface area contributed by atoms with Gasteiger partial charge in [0.2, 0.25) is 21.8 Å². The van der Waals surface area contributed by atoms with E-state index in [0.29, 0.717) is 28.7 Å². The number of hydrogen-bond donors (Lipinski definition) is 1. The Morgan fingerprint density at radius 1 is 0.902 bits per heavy atom. The minimum atomic E-state index is -3.58. The number of hydrogen-bond acceptors (Lipinski definition) is 4. The number of likely N-dealkylation sites (N-methyl/N-ethyl adjacent to an activating group) is 1. The highest BCUT2D eigenvalue weighted by Gasteiger charge is 2.30. The summed E-state index contributed by atoms with van der Waals surface area (Å²) in [5.74, 6) is -0.533. The second-order valence-electron chi connectivity index (χ2n) is 10.1. The SMILES string of the molecule is CCNC(=O)[C@@H](Cc1ccccc1)N(Cc1ccc(Cl)c(Cl)c1)C(=O)CCCN(c1ccc(C)c(C)c1)S(C)(=O)=O. The summed E-state index contributed by atoms with van der Waals surface area (Å²) in [5, 5.41) is 3.61. The van der Waals surface area contributed by atoms with Crippen LogP contribution in [0.5, 0.6) is 0 Å². The number of anilines is 1. The predicted octanol–water partition coefficient (Wildman–Crippen LogP) is 5.93. The van der Waals surface area contributed by atoms with Crippen LogP contribution in [0.1, 0.15) is 42.0 Å². The fraction of sp³-hybridized carbons (Fsp3) is 0.355. The van der Waals surface area contributed by atoms with E-state index in [2.05, 4.69) is 5.32 Å². The van der Waals surface area contributed by atoms with E-state index in [-0.39, 0.29) is 37.7 Å². The first kappa shape index (κ1) is 32.4. The second-order valence-corrected chi connectivity index (χ2v) is 12.8. The zero-order valence-corrected chi connectivity index (χ0v) is 26.2. The topological polar surface area (TPSA) is 86.8 Å². The van der Waals surface area contributed by atoms with E-state index in [0.717, 1.165) is 28.5 Å². The molecule has 1 N–H and O–H groups in total. The highest BCUT2D eigenvalue weighted by atomic mass is 35.5. The molecule has 3 aromatic rings. The van der Waals surface area contributed by atoms with Crippen molar-refractivity contribution in [2.45, 2.75) is 52.6 Å². The van der Waals surface area contributed by atoms with Gasteiger partial charge >= 0.3 is 0 Å². The number of aryl methyl sites for hydroxylation is 2. The Kier molecular flexibility index (Phi) is 11.6. The fourth-order valence-electron chi connectivity index (χ4n) is 4.57. The average molecular weight is 619 g/mol. The van der Waals surface area contributed by atoms with Crippen LogP contribution in [-0.2, 0) is 32.6 Å². The summed E-state index contributed by atoms with van der Waals surface area (Å²) in [5.41, 5.74) is 4.23. The third kappa shape index (κ3) is 9.21. The standard InChI is InChI=1S/C31H37Cl2N3O4S/c1-5-34-31(38)29(20-24-10-7-6-8-11-24)35(21-25-14-16-27(32)28(33)19-25)30(37)12-9-17-36(41(4,39)40)26-15-13-22(2)23(3)18-26/h6-8,10-11,13-16,18-19,29H,5,9,12,17,20-21H2,1-4H3,(H,34,38)/t29-/m1/s1. The van der Waals surface area contributed by atoms with Gasteiger partial charge in [-0.05, 0) is 73.7 Å². The van der Waals surface area contributed by atoms with Crippen molar-refractivity contribution in [1.29, 1.82) is 0 Å². The molecule has 3 rings (SSSR count). The molecule has 0 aliphatic heterocycles. The van der Waals surface area contributed by atoms with E-state index in [9.17, 15) is 18.0 Å². The van der Waals surface area contributed by atoms with E-state index in [4.69, 9.17) is 23.2 Å². The lowest BCUT2D eigenvalue weighted by Crippen LogP contribution is -2.50. The minimum Gasteiger partial charge on any atom is -0.355 e. The van der Waals surface area contributed by atoms with E-state index in [1.165, 1.54) is 4.31 Å². The predicted molar refractivity (Wildman–Crippen MR) is 167 cm³/mol. The van der Waals surface area contributed by atoms with E-state index >= 15 is 0 Å². The molecular formula is C31H37Cl2N3O4S. The summed E-state index contributed by atoms with van der Waals surface area (Å²) in [6.45, 7) is 6.40. The maximum atomic E-state index is 13.8. The maximum absolute atomic E-state index is 13.8. The van der Waals surface area contributed by atoms with Gasteiger partial charge in [0.05, 0.1) is 22.0 Å². The number of sulfonamides is 1. The first-order valence-corrected chi connectivity index (χ1v) is 16.1. The molecule has 0 radical (unpaired) electrons. The van der Waals surface area contributed by atoms with Crippen LogP contribution in [-0.4, -0.2) is 50.5 Å². The van der Waals surface area contributed by atoms with Crippen LogP contribution >= 0.6 is 23.2 Å². The van der Waals surface area contributed by atoms with E-state index in [1.54, 1.807) is 29.2 Å². The molecule has 0 aromatic heterocycles. The van der Waals surface area contributed by atoms with Gasteiger partial charge in [0.15, 0.2) is 0 Å². The number of nitrogens with zero attached hydrogens (tertiary/aromatic N) is 2. The molecule has 10 heteroatoms. The van der Waals surface area contributed by atoms with Crippen LogP contribution in [0.25, 0.3) is 0 Å². The first-order valence-electron chi connectivity index (χ1n) is 13.5. The molecule has 0 saturated carbocycles. The fourth-order valence-corrected chi connectivity index (χ4v) is 5.84. The number of amides is 2. The first-order chi connectivity index (χ1) is 19.4. The quantitative estimate of drug-likeness (QED) is 0.257. The molecule has 0 unspecified atom stereocenters. The number of carbonyl (C=O) groups excluding carboxylic acids is 2. The number of nitrogens with one attached hydrogen (secondary N) is 1. The summed E-state index contributed by atoms with van der Waals surface area (Å²) in [6.07, 6.45) is 1.79. The summed E-state index contributed by atoms with van der Waals surface area (Å²) in [4.78, 5) is 28.7. The number of rotatable bonds is 13. The molecule has 41 heavy (non-hydrogen) atoms. The van der Waals surface area contributed by atoms with Crippen LogP contribution in [0.2, 0.25) is 10.0 Å². The van der Waals surface area contributed by atoms with Crippen LogP contribution < -0.4 is 9.62 Å². The molecule has 0 aliphatic rings. The smallest absolute Gasteiger partial charge is 0.243 e. The van der Waals surface area contributed by atoms with Gasteiger partial charge in [0, 0.05) is 32.5 Å². The summed E-state index contributed by atoms with van der Waals surface area (Å²) < 4.78 is 26.7. The van der Waals surface area contributed by atoms with Gasteiger partial charge < -0.3 is 10.2 Å². The normalized spacial score (nSPS) is 12.0. The van der Waals surface area contributed by atoms with Crippen molar-refractivity contribution >= 4 is 50.7 Å². The Morgan fingerprint density at radius 3 is 2.22 bits per heavy atom. The Hall–Kier alpha value is -3.07. The van der Waals surface area contributed by atoms with Gasteiger partial charge in [-0.2, -0.15) is 0 Å². The van der Waals surface area contributed by atoms with Crippen LogP contribution in [0.15, 0.2) is 66.7 Å². The second kappa shape index (κ2) is 14.7. The van der Waals surface area contributed by atoms with Crippen LogP contribution in [0.4, 0.5) is 5.69 Å². The van der Waals surface area contributed by atoms with Gasteiger partial charge in [-0.3, -0.25) is 13.9 Å². The largest absolute Gasteiger partial charge is 0.355 e. The molecule has 0 aliphatic carbocycles. The molecule has 7 nitrogen and oxygen atoms in total. The molecule has 3 aromatic carbocycles. The molecule has 0 bridgehead atoms. The number of halogens is 2. The Morgan fingerprint density at radius 2 is 1.61 bits per heavy atom. The third-order valence-electron chi connectivity index (χ3n) is 6.89. The summed E-state index contributed by atoms with van der Waals surface area (Å²) >= 11 is 12.4. The molecule has 1 atom stereocenters. The van der Waals surface area contributed by atoms with Crippen molar-refractivity contribution in [1.82, 2.24) is 10.2 Å². The van der Waals surface area contributed by atoms with Crippen LogP contribution in [0, 0.1) is 13.8 Å². The van der Waals surface area contributed by atoms with Crippen molar-refractivity contribution in [3.63, 3.8) is 0 Å². The lowest BCUT2D eigenvalue weighted by atomic mass is 10.0. The van der Waals surface area contributed by atoms with Gasteiger partial charge in [-0.25, -0.2) is 8.42 Å². The molecule has 2 amide bonds. The Bertz CT molecular complexity index is 1470. The van der Waals surface area contributed by atoms with Crippen molar-refractivity contribution in [3.05, 3.63) is 99.0 Å².